The van der Waals surface area contributed by atoms with Crippen LogP contribution in [0, 0.1) is 0 Å². The molecule has 8 heteroatoms. The molecule has 140 valence electrons. The maximum Gasteiger partial charge on any atom is 0.416 e. The molecule has 0 fully saturated rings. The standard InChI is InChI=1S/C19H17F3N4O/c20-19(21,22)14-5-3-13(4-6-14)16-11-17(26-18(23)25-16)24-10-9-12-1-7-15(27)8-2-12/h1-8,11,27H,9-10H2,(H3,23,24,25,26). The summed E-state index contributed by atoms with van der Waals surface area (Å²) >= 11 is 0. The van der Waals surface area contributed by atoms with E-state index >= 15 is 0 Å². The highest BCUT2D eigenvalue weighted by molar-refractivity contribution is 5.64. The van der Waals surface area contributed by atoms with Crippen molar-refractivity contribution in [1.29, 1.82) is 0 Å². The predicted molar refractivity (Wildman–Crippen MR) is 97.2 cm³/mol. The Hall–Kier alpha value is -3.29. The second-order valence-corrected chi connectivity index (χ2v) is 5.91. The summed E-state index contributed by atoms with van der Waals surface area (Å²) in [5, 5.41) is 12.4. The van der Waals surface area contributed by atoms with Gasteiger partial charge in [0.2, 0.25) is 5.95 Å². The van der Waals surface area contributed by atoms with Crippen LogP contribution in [-0.4, -0.2) is 21.6 Å². The number of nitrogens with zero attached hydrogens (tertiary/aromatic N) is 2. The molecule has 0 unspecified atom stereocenters. The van der Waals surface area contributed by atoms with Gasteiger partial charge in [-0.3, -0.25) is 0 Å². The molecule has 3 aromatic rings. The van der Waals surface area contributed by atoms with Crippen molar-refractivity contribution >= 4 is 11.8 Å². The fourth-order valence-corrected chi connectivity index (χ4v) is 2.53. The summed E-state index contributed by atoms with van der Waals surface area (Å²) in [6.07, 6.45) is -3.69. The number of halogens is 3. The van der Waals surface area contributed by atoms with Crippen LogP contribution in [0.3, 0.4) is 0 Å². The highest BCUT2D eigenvalue weighted by Crippen LogP contribution is 2.31. The van der Waals surface area contributed by atoms with Crippen molar-refractivity contribution in [3.05, 3.63) is 65.7 Å². The van der Waals surface area contributed by atoms with E-state index in [2.05, 4.69) is 15.3 Å². The van der Waals surface area contributed by atoms with Gasteiger partial charge in [0.15, 0.2) is 0 Å². The molecule has 0 atom stereocenters. The van der Waals surface area contributed by atoms with Gasteiger partial charge in [-0.2, -0.15) is 18.2 Å². The second kappa shape index (κ2) is 7.53. The van der Waals surface area contributed by atoms with Crippen LogP contribution in [0.4, 0.5) is 24.9 Å². The number of nitrogens with one attached hydrogen (secondary N) is 1. The molecule has 0 aliphatic heterocycles. The lowest BCUT2D eigenvalue weighted by Gasteiger charge is -2.10. The van der Waals surface area contributed by atoms with Gasteiger partial charge in [-0.1, -0.05) is 24.3 Å². The highest BCUT2D eigenvalue weighted by atomic mass is 19.4. The Morgan fingerprint density at radius 2 is 1.63 bits per heavy atom. The Kier molecular flexibility index (Phi) is 5.16. The molecule has 0 saturated heterocycles. The first-order valence-electron chi connectivity index (χ1n) is 8.15. The number of hydrogen-bond donors (Lipinski definition) is 3. The second-order valence-electron chi connectivity index (χ2n) is 5.91. The number of aromatic hydroxyl groups is 1. The Bertz CT molecular complexity index is 910. The highest BCUT2D eigenvalue weighted by Gasteiger charge is 2.30. The van der Waals surface area contributed by atoms with Gasteiger partial charge >= 0.3 is 6.18 Å². The van der Waals surface area contributed by atoms with Crippen molar-refractivity contribution in [1.82, 2.24) is 9.97 Å². The van der Waals surface area contributed by atoms with Gasteiger partial charge < -0.3 is 16.2 Å². The minimum Gasteiger partial charge on any atom is -0.508 e. The number of benzene rings is 2. The van der Waals surface area contributed by atoms with Gasteiger partial charge in [0.25, 0.3) is 0 Å². The molecule has 5 nitrogen and oxygen atoms in total. The van der Waals surface area contributed by atoms with E-state index in [0.29, 0.717) is 30.0 Å². The van der Waals surface area contributed by atoms with Crippen molar-refractivity contribution in [3.63, 3.8) is 0 Å². The molecular weight excluding hydrogens is 357 g/mol. The van der Waals surface area contributed by atoms with Crippen LogP contribution in [0.25, 0.3) is 11.3 Å². The predicted octanol–water partition coefficient (Wildman–Crippen LogP) is 4.10. The molecule has 0 aliphatic rings. The Balaban J connectivity index is 1.71. The van der Waals surface area contributed by atoms with Crippen LogP contribution < -0.4 is 11.1 Å². The summed E-state index contributed by atoms with van der Waals surface area (Å²) in [7, 11) is 0. The Morgan fingerprint density at radius 1 is 0.963 bits per heavy atom. The lowest BCUT2D eigenvalue weighted by atomic mass is 10.1. The number of nitrogen functional groups attached to an aromatic ring is 1. The summed E-state index contributed by atoms with van der Waals surface area (Å²) in [5.74, 6) is 0.715. The molecule has 0 bridgehead atoms. The van der Waals surface area contributed by atoms with Crippen LogP contribution >= 0.6 is 0 Å². The van der Waals surface area contributed by atoms with Gasteiger partial charge in [-0.15, -0.1) is 0 Å². The zero-order chi connectivity index (χ0) is 19.4. The number of alkyl halides is 3. The summed E-state index contributed by atoms with van der Waals surface area (Å²) < 4.78 is 38.0. The molecule has 1 heterocycles. The third-order valence-electron chi connectivity index (χ3n) is 3.91. The van der Waals surface area contributed by atoms with Gasteiger partial charge in [-0.05, 0) is 36.2 Å². The van der Waals surface area contributed by atoms with Crippen molar-refractivity contribution in [2.24, 2.45) is 0 Å². The molecule has 1 aromatic heterocycles. The topological polar surface area (TPSA) is 84.1 Å². The Morgan fingerprint density at radius 3 is 2.26 bits per heavy atom. The monoisotopic (exact) mass is 374 g/mol. The maximum atomic E-state index is 12.7. The first-order valence-corrected chi connectivity index (χ1v) is 8.15. The van der Waals surface area contributed by atoms with Gasteiger partial charge in [-0.25, -0.2) is 4.98 Å². The van der Waals surface area contributed by atoms with E-state index in [0.717, 1.165) is 17.7 Å². The fraction of sp³-hybridized carbons (Fsp3) is 0.158. The molecule has 0 spiro atoms. The largest absolute Gasteiger partial charge is 0.508 e. The number of phenolic OH excluding ortho intramolecular Hbond substituents is 1. The number of phenols is 1. The van der Waals surface area contributed by atoms with Crippen LogP contribution in [0.15, 0.2) is 54.6 Å². The Labute approximate surface area is 153 Å². The number of nitrogens with two attached hydrogens (primary N) is 1. The summed E-state index contributed by atoms with van der Waals surface area (Å²) in [5.41, 5.74) is 6.98. The third-order valence-corrected chi connectivity index (χ3v) is 3.91. The lowest BCUT2D eigenvalue weighted by molar-refractivity contribution is -0.137. The summed E-state index contributed by atoms with van der Waals surface area (Å²) in [6, 6.07) is 13.2. The van der Waals surface area contributed by atoms with E-state index in [-0.39, 0.29) is 11.7 Å². The van der Waals surface area contributed by atoms with E-state index in [1.54, 1.807) is 18.2 Å². The van der Waals surface area contributed by atoms with Crippen molar-refractivity contribution < 1.29 is 18.3 Å². The van der Waals surface area contributed by atoms with Crippen molar-refractivity contribution in [2.75, 3.05) is 17.6 Å². The molecule has 0 aliphatic carbocycles. The first-order chi connectivity index (χ1) is 12.8. The normalized spacial score (nSPS) is 11.4. The van der Waals surface area contributed by atoms with Crippen molar-refractivity contribution in [3.8, 4) is 17.0 Å². The van der Waals surface area contributed by atoms with E-state index < -0.39 is 11.7 Å². The molecule has 27 heavy (non-hydrogen) atoms. The molecule has 2 aromatic carbocycles. The number of rotatable bonds is 5. The zero-order valence-corrected chi connectivity index (χ0v) is 14.2. The zero-order valence-electron chi connectivity index (χ0n) is 14.2. The maximum absolute atomic E-state index is 12.7. The smallest absolute Gasteiger partial charge is 0.416 e. The van der Waals surface area contributed by atoms with Crippen LogP contribution in [0.2, 0.25) is 0 Å². The van der Waals surface area contributed by atoms with Crippen molar-refractivity contribution in [2.45, 2.75) is 12.6 Å². The molecule has 0 saturated carbocycles. The van der Waals surface area contributed by atoms with E-state index in [1.165, 1.54) is 12.1 Å². The average Bonchev–Trinajstić information content (AvgIpc) is 2.62. The number of aromatic nitrogens is 2. The molecule has 0 amide bonds. The summed E-state index contributed by atoms with van der Waals surface area (Å²) in [4.78, 5) is 8.19. The SMILES string of the molecule is Nc1nc(NCCc2ccc(O)cc2)cc(-c2ccc(C(F)(F)F)cc2)n1. The first kappa shape index (κ1) is 18.5. The third kappa shape index (κ3) is 4.87. The van der Waals surface area contributed by atoms with E-state index in [4.69, 9.17) is 5.73 Å². The molecule has 0 radical (unpaired) electrons. The molecular formula is C19H17F3N4O. The average molecular weight is 374 g/mol. The lowest BCUT2D eigenvalue weighted by Crippen LogP contribution is -2.08. The van der Waals surface area contributed by atoms with Crippen LogP contribution in [0.1, 0.15) is 11.1 Å². The van der Waals surface area contributed by atoms with E-state index in [9.17, 15) is 18.3 Å². The minimum absolute atomic E-state index is 0.0273. The van der Waals surface area contributed by atoms with Gasteiger partial charge in [0, 0.05) is 18.2 Å². The van der Waals surface area contributed by atoms with Gasteiger partial charge in [0.05, 0.1) is 11.3 Å². The number of anilines is 2. The molecule has 3 rings (SSSR count). The quantitative estimate of drug-likeness (QED) is 0.626. The van der Waals surface area contributed by atoms with E-state index in [1.807, 2.05) is 12.1 Å². The van der Waals surface area contributed by atoms with Crippen LogP contribution in [0.5, 0.6) is 5.75 Å². The van der Waals surface area contributed by atoms with Crippen LogP contribution in [-0.2, 0) is 12.6 Å². The fourth-order valence-electron chi connectivity index (χ4n) is 2.53. The van der Waals surface area contributed by atoms with Gasteiger partial charge in [0.1, 0.15) is 11.6 Å². The molecule has 4 N–H and O–H groups in total. The number of hydrogen-bond acceptors (Lipinski definition) is 5. The summed E-state index contributed by atoms with van der Waals surface area (Å²) in [6.45, 7) is 0.563. The minimum atomic E-state index is -4.38.